The molecule has 1 atom stereocenters. The van der Waals surface area contributed by atoms with Gasteiger partial charge in [0, 0.05) is 29.3 Å². The molecule has 1 aliphatic rings. The van der Waals surface area contributed by atoms with Crippen LogP contribution in [-0.2, 0) is 16.2 Å². The molecule has 0 aliphatic carbocycles. The largest absolute Gasteiger partial charge is 0.507 e. The van der Waals surface area contributed by atoms with Crippen molar-refractivity contribution in [1.29, 1.82) is 0 Å². The summed E-state index contributed by atoms with van der Waals surface area (Å²) in [4.78, 5) is 42.2. The van der Waals surface area contributed by atoms with Crippen LogP contribution in [0.2, 0.25) is 0 Å². The summed E-state index contributed by atoms with van der Waals surface area (Å²) in [5.41, 5.74) is 2.61. The van der Waals surface area contributed by atoms with Gasteiger partial charge in [-0.1, -0.05) is 29.8 Å². The lowest BCUT2D eigenvalue weighted by Gasteiger charge is -2.22. The number of benzene rings is 3. The minimum Gasteiger partial charge on any atom is -0.507 e. The van der Waals surface area contributed by atoms with E-state index in [0.717, 1.165) is 22.5 Å². The van der Waals surface area contributed by atoms with Crippen molar-refractivity contribution in [2.24, 2.45) is 0 Å². The highest BCUT2D eigenvalue weighted by atomic mass is 32.1. The number of non-ortho nitro benzene ring substituents is 1. The summed E-state index contributed by atoms with van der Waals surface area (Å²) < 4.78 is 5.84. The van der Waals surface area contributed by atoms with E-state index in [-0.39, 0.29) is 22.2 Å². The molecule has 5 rings (SSSR count). The third-order valence-electron chi connectivity index (χ3n) is 6.11. The monoisotopic (exact) mass is 527 g/mol. The molecule has 1 aromatic heterocycles. The number of anilines is 1. The number of aryl methyl sites for hydroxylation is 1. The van der Waals surface area contributed by atoms with Crippen molar-refractivity contribution in [3.05, 3.63) is 122 Å². The first-order valence-electron chi connectivity index (χ1n) is 11.6. The van der Waals surface area contributed by atoms with Crippen LogP contribution in [0.4, 0.5) is 10.8 Å². The number of nitro benzene ring substituents is 1. The van der Waals surface area contributed by atoms with Crippen molar-refractivity contribution in [3.63, 3.8) is 0 Å². The van der Waals surface area contributed by atoms with E-state index in [1.807, 2.05) is 31.2 Å². The van der Waals surface area contributed by atoms with Gasteiger partial charge in [-0.15, -0.1) is 11.3 Å². The van der Waals surface area contributed by atoms with Gasteiger partial charge in [0.25, 0.3) is 11.5 Å². The van der Waals surface area contributed by atoms with Crippen LogP contribution in [0.3, 0.4) is 0 Å². The fourth-order valence-electron chi connectivity index (χ4n) is 4.29. The van der Waals surface area contributed by atoms with Crippen LogP contribution in [0.15, 0.2) is 89.9 Å². The number of ketones is 1. The minimum atomic E-state index is -1.01. The van der Waals surface area contributed by atoms with Crippen molar-refractivity contribution >= 4 is 39.6 Å². The van der Waals surface area contributed by atoms with Gasteiger partial charge < -0.3 is 9.84 Å². The van der Waals surface area contributed by atoms with Gasteiger partial charge in [0.1, 0.15) is 18.1 Å². The van der Waals surface area contributed by atoms with Crippen LogP contribution >= 0.6 is 11.3 Å². The van der Waals surface area contributed by atoms with E-state index in [2.05, 4.69) is 4.98 Å². The Bertz CT molecular complexity index is 1550. The number of thiazole rings is 1. The fourth-order valence-corrected chi connectivity index (χ4v) is 4.96. The highest BCUT2D eigenvalue weighted by molar-refractivity contribution is 7.14. The number of aliphatic hydroxyl groups is 1. The third kappa shape index (κ3) is 4.76. The molecule has 1 saturated heterocycles. The van der Waals surface area contributed by atoms with Crippen molar-refractivity contribution in [2.45, 2.75) is 19.6 Å². The van der Waals surface area contributed by atoms with Gasteiger partial charge in [-0.2, -0.15) is 0 Å². The van der Waals surface area contributed by atoms with E-state index in [1.54, 1.807) is 29.6 Å². The molecule has 1 fully saturated rings. The molecule has 1 N–H and O–H groups in total. The maximum Gasteiger partial charge on any atom is 0.301 e. The first-order chi connectivity index (χ1) is 18.3. The highest BCUT2D eigenvalue weighted by Crippen LogP contribution is 2.43. The zero-order chi connectivity index (χ0) is 26.8. The molecular formula is C28H21N3O6S. The number of hydrogen-bond donors (Lipinski definition) is 1. The lowest BCUT2D eigenvalue weighted by Crippen LogP contribution is -2.29. The summed E-state index contributed by atoms with van der Waals surface area (Å²) >= 11 is 1.16. The summed E-state index contributed by atoms with van der Waals surface area (Å²) in [6.45, 7) is 2.37. The van der Waals surface area contributed by atoms with Crippen LogP contribution in [0.5, 0.6) is 5.75 Å². The first-order valence-corrected chi connectivity index (χ1v) is 12.4. The fraction of sp³-hybridized carbons (Fsp3) is 0.107. The van der Waals surface area contributed by atoms with Crippen LogP contribution in [-0.4, -0.2) is 26.7 Å². The smallest absolute Gasteiger partial charge is 0.301 e. The molecule has 190 valence electrons. The zero-order valence-corrected chi connectivity index (χ0v) is 20.9. The number of aromatic nitrogens is 1. The highest BCUT2D eigenvalue weighted by Gasteiger charge is 2.48. The van der Waals surface area contributed by atoms with E-state index in [0.29, 0.717) is 23.5 Å². The normalized spacial score (nSPS) is 16.6. The molecule has 0 bridgehead atoms. The molecule has 0 radical (unpaired) electrons. The Morgan fingerprint density at radius 1 is 1.11 bits per heavy atom. The van der Waals surface area contributed by atoms with Crippen LogP contribution in [0, 0.1) is 17.0 Å². The van der Waals surface area contributed by atoms with E-state index in [1.165, 1.54) is 35.4 Å². The van der Waals surface area contributed by atoms with Gasteiger partial charge in [-0.05, 0) is 54.4 Å². The molecule has 4 aromatic rings. The Balaban J connectivity index is 1.50. The number of ether oxygens (including phenoxy) is 1. The van der Waals surface area contributed by atoms with E-state index in [9.17, 15) is 24.8 Å². The van der Waals surface area contributed by atoms with Crippen LogP contribution in [0.1, 0.15) is 28.3 Å². The van der Waals surface area contributed by atoms with Crippen molar-refractivity contribution < 1.29 is 24.4 Å². The molecule has 2 heterocycles. The van der Waals surface area contributed by atoms with Crippen molar-refractivity contribution in [3.8, 4) is 5.75 Å². The molecule has 0 saturated carbocycles. The number of amides is 1. The molecule has 9 nitrogen and oxygen atoms in total. The molecule has 1 amide bonds. The molecule has 1 aliphatic heterocycles. The number of aliphatic hydroxyl groups excluding tert-OH is 1. The van der Waals surface area contributed by atoms with Gasteiger partial charge in [0.2, 0.25) is 0 Å². The maximum atomic E-state index is 13.2. The first kappa shape index (κ1) is 24.8. The predicted molar refractivity (Wildman–Crippen MR) is 142 cm³/mol. The van der Waals surface area contributed by atoms with Crippen LogP contribution < -0.4 is 9.64 Å². The molecule has 10 heteroatoms. The molecule has 0 spiro atoms. The van der Waals surface area contributed by atoms with Gasteiger partial charge >= 0.3 is 5.91 Å². The maximum absolute atomic E-state index is 13.2. The summed E-state index contributed by atoms with van der Waals surface area (Å²) in [5, 5.41) is 24.3. The number of hydrogen-bond acceptors (Lipinski definition) is 8. The zero-order valence-electron chi connectivity index (χ0n) is 20.1. The Kier molecular flexibility index (Phi) is 6.71. The summed E-state index contributed by atoms with van der Waals surface area (Å²) in [5.74, 6) is -1.52. The van der Waals surface area contributed by atoms with E-state index >= 15 is 0 Å². The quantitative estimate of drug-likeness (QED) is 0.110. The molecular weight excluding hydrogens is 506 g/mol. The summed E-state index contributed by atoms with van der Waals surface area (Å²) in [7, 11) is 0. The van der Waals surface area contributed by atoms with Gasteiger partial charge in [-0.25, -0.2) is 4.98 Å². The molecule has 3 aromatic carbocycles. The number of Topliss-reactive ketones (excluding diaryl/α,β-unsaturated/α-hetero) is 1. The second-order valence-electron chi connectivity index (χ2n) is 8.63. The molecule has 38 heavy (non-hydrogen) atoms. The number of nitro groups is 1. The van der Waals surface area contributed by atoms with Gasteiger partial charge in [0.15, 0.2) is 5.13 Å². The number of carbonyl (C=O) groups excluding carboxylic acids is 2. The van der Waals surface area contributed by atoms with Gasteiger partial charge in [0.05, 0.1) is 16.5 Å². The second-order valence-corrected chi connectivity index (χ2v) is 9.51. The van der Waals surface area contributed by atoms with E-state index in [4.69, 9.17) is 4.74 Å². The Labute approximate surface area is 221 Å². The number of rotatable bonds is 7. The number of carbonyl (C=O) groups is 2. The van der Waals surface area contributed by atoms with Crippen LogP contribution in [0.25, 0.3) is 5.76 Å². The Hall–Kier alpha value is -4.83. The lowest BCUT2D eigenvalue weighted by molar-refractivity contribution is -0.384. The predicted octanol–water partition coefficient (Wildman–Crippen LogP) is 5.57. The Morgan fingerprint density at radius 3 is 2.47 bits per heavy atom. The second kappa shape index (κ2) is 10.3. The van der Waals surface area contributed by atoms with E-state index < -0.39 is 22.7 Å². The molecule has 0 unspecified atom stereocenters. The lowest BCUT2D eigenvalue weighted by atomic mass is 9.95. The average Bonchev–Trinajstić information content (AvgIpc) is 3.54. The standard InChI is InChI=1S/C28H21N3O6S/c1-17-3-2-4-18(15-17)16-37-22-11-7-20(8-12-22)25(32)23-24(19-5-9-21(10-6-19)31(35)36)30(27(34)26(23)33)28-29-13-14-38-28/h2-15,24,32H,16H2,1H3/t24-/m0/s1. The Morgan fingerprint density at radius 2 is 1.84 bits per heavy atom. The summed E-state index contributed by atoms with van der Waals surface area (Å²) in [6, 6.07) is 19.0. The minimum absolute atomic E-state index is 0.132. The number of nitrogens with zero attached hydrogens (tertiary/aromatic N) is 3. The SMILES string of the molecule is Cc1cccc(COc2ccc(C(O)=C3C(=O)C(=O)N(c4nccs4)[C@H]3c3ccc([N+](=O)[O-])cc3)cc2)c1. The topological polar surface area (TPSA) is 123 Å². The third-order valence-corrected chi connectivity index (χ3v) is 6.88. The average molecular weight is 528 g/mol. The van der Waals surface area contributed by atoms with Crippen molar-refractivity contribution in [1.82, 2.24) is 4.98 Å². The van der Waals surface area contributed by atoms with Gasteiger partial charge in [-0.3, -0.25) is 24.6 Å². The summed E-state index contributed by atoms with van der Waals surface area (Å²) in [6.07, 6.45) is 1.50. The van der Waals surface area contributed by atoms with Crippen molar-refractivity contribution in [2.75, 3.05) is 4.90 Å².